The van der Waals surface area contributed by atoms with Crippen LogP contribution >= 0.6 is 0 Å². The predicted molar refractivity (Wildman–Crippen MR) is 116 cm³/mol. The van der Waals surface area contributed by atoms with Crippen molar-refractivity contribution in [3.8, 4) is 11.1 Å². The van der Waals surface area contributed by atoms with Crippen molar-refractivity contribution in [3.05, 3.63) is 30.6 Å². The Hall–Kier alpha value is -3.14. The van der Waals surface area contributed by atoms with E-state index >= 15 is 0 Å². The molecule has 32 heavy (non-hydrogen) atoms. The van der Waals surface area contributed by atoms with E-state index in [1.807, 2.05) is 18.3 Å². The van der Waals surface area contributed by atoms with Crippen LogP contribution in [0.3, 0.4) is 0 Å². The minimum Gasteiger partial charge on any atom is -0.375 e. The maximum atomic E-state index is 12.9. The Labute approximate surface area is 182 Å². The smallest absolute Gasteiger partial charge is 0.258 e. The number of hydrogen-bond acceptors (Lipinski definition) is 6. The molecule has 0 atom stereocenters. The van der Waals surface area contributed by atoms with Crippen LogP contribution in [-0.4, -0.2) is 54.6 Å². The Bertz CT molecular complexity index is 1270. The first-order chi connectivity index (χ1) is 15.6. The van der Waals surface area contributed by atoms with Gasteiger partial charge in [0.05, 0.1) is 17.7 Å². The summed E-state index contributed by atoms with van der Waals surface area (Å²) in [6.07, 6.45) is 6.62. The Kier molecular flexibility index (Phi) is 4.56. The van der Waals surface area contributed by atoms with Gasteiger partial charge >= 0.3 is 0 Å². The maximum Gasteiger partial charge on any atom is 0.258 e. The van der Waals surface area contributed by atoms with Crippen molar-refractivity contribution in [1.82, 2.24) is 29.9 Å². The van der Waals surface area contributed by atoms with Gasteiger partial charge in [0.15, 0.2) is 0 Å². The molecule has 1 saturated heterocycles. The van der Waals surface area contributed by atoms with Crippen LogP contribution in [0.25, 0.3) is 33.2 Å². The van der Waals surface area contributed by atoms with E-state index < -0.39 is 13.0 Å². The van der Waals surface area contributed by atoms with Crippen LogP contribution in [0, 0.1) is 0 Å². The number of alkyl halides is 2. The van der Waals surface area contributed by atoms with Crippen LogP contribution in [0.2, 0.25) is 0 Å². The molecular formula is C22H23F2N7O. The molecule has 0 bridgehead atoms. The second kappa shape index (κ2) is 7.47. The summed E-state index contributed by atoms with van der Waals surface area (Å²) in [5.74, 6) is 0.607. The van der Waals surface area contributed by atoms with Gasteiger partial charge in [0, 0.05) is 29.4 Å². The van der Waals surface area contributed by atoms with Gasteiger partial charge in [-0.3, -0.25) is 0 Å². The summed E-state index contributed by atoms with van der Waals surface area (Å²) < 4.78 is 32.7. The zero-order valence-electron chi connectivity index (χ0n) is 17.4. The third-order valence-electron chi connectivity index (χ3n) is 6.76. The lowest BCUT2D eigenvalue weighted by molar-refractivity contribution is -0.165. The van der Waals surface area contributed by atoms with E-state index in [2.05, 4.69) is 30.6 Å². The molecule has 8 nitrogen and oxygen atoms in total. The van der Waals surface area contributed by atoms with Crippen molar-refractivity contribution in [2.24, 2.45) is 0 Å². The fourth-order valence-electron chi connectivity index (χ4n) is 4.87. The second-order valence-corrected chi connectivity index (χ2v) is 8.72. The minimum absolute atomic E-state index is 0.138. The number of ether oxygens (including phenoxy) is 1. The van der Waals surface area contributed by atoms with E-state index in [9.17, 15) is 8.78 Å². The van der Waals surface area contributed by atoms with Crippen molar-refractivity contribution in [2.45, 2.75) is 56.7 Å². The van der Waals surface area contributed by atoms with Crippen molar-refractivity contribution < 1.29 is 13.5 Å². The summed E-state index contributed by atoms with van der Waals surface area (Å²) in [6, 6.07) is 5.87. The highest BCUT2D eigenvalue weighted by atomic mass is 19.3. The first kappa shape index (κ1) is 19.5. The molecular weight excluding hydrogens is 416 g/mol. The summed E-state index contributed by atoms with van der Waals surface area (Å²) in [7, 11) is 0. The average Bonchev–Trinajstić information content (AvgIpc) is 3.36. The largest absolute Gasteiger partial charge is 0.375 e. The van der Waals surface area contributed by atoms with E-state index in [-0.39, 0.29) is 5.60 Å². The van der Waals surface area contributed by atoms with Gasteiger partial charge < -0.3 is 15.0 Å². The predicted octanol–water partition coefficient (Wildman–Crippen LogP) is 4.15. The van der Waals surface area contributed by atoms with Gasteiger partial charge in [0.1, 0.15) is 17.7 Å². The highest BCUT2D eigenvalue weighted by Crippen LogP contribution is 2.41. The Morgan fingerprint density at radius 2 is 2.09 bits per heavy atom. The summed E-state index contributed by atoms with van der Waals surface area (Å²) in [5.41, 5.74) is 3.79. The second-order valence-electron chi connectivity index (χ2n) is 8.72. The van der Waals surface area contributed by atoms with Gasteiger partial charge in [0.2, 0.25) is 5.95 Å². The van der Waals surface area contributed by atoms with Gasteiger partial charge in [-0.2, -0.15) is 4.98 Å². The van der Waals surface area contributed by atoms with E-state index in [0.717, 1.165) is 54.5 Å². The highest BCUT2D eigenvalue weighted by Gasteiger charge is 2.41. The van der Waals surface area contributed by atoms with E-state index in [4.69, 9.17) is 4.74 Å². The summed E-state index contributed by atoms with van der Waals surface area (Å²) in [5, 5.41) is 12.2. The zero-order valence-corrected chi connectivity index (χ0v) is 17.4. The van der Waals surface area contributed by atoms with Crippen molar-refractivity contribution in [2.75, 3.05) is 11.9 Å². The van der Waals surface area contributed by atoms with Gasteiger partial charge in [0.25, 0.3) is 6.43 Å². The summed E-state index contributed by atoms with van der Waals surface area (Å²) in [6.45, 7) is 0.408. The molecule has 4 heterocycles. The Balaban J connectivity index is 1.24. The number of fused-ring (bicyclic) bond motifs is 2. The van der Waals surface area contributed by atoms with E-state index in [1.165, 1.54) is 11.1 Å². The van der Waals surface area contributed by atoms with Crippen LogP contribution in [0.5, 0.6) is 0 Å². The quantitative estimate of drug-likeness (QED) is 0.485. The molecule has 2 N–H and O–H groups in total. The lowest BCUT2D eigenvalue weighted by Crippen LogP contribution is -2.48. The topological polar surface area (TPSA) is 93.5 Å². The molecule has 10 heteroatoms. The molecule has 1 spiro atoms. The van der Waals surface area contributed by atoms with E-state index in [0.29, 0.717) is 23.0 Å². The maximum absolute atomic E-state index is 12.9. The first-order valence-electron chi connectivity index (χ1n) is 10.9. The van der Waals surface area contributed by atoms with Gasteiger partial charge in [-0.05, 0) is 49.8 Å². The molecule has 1 aromatic carbocycles. The molecule has 3 aromatic heterocycles. The van der Waals surface area contributed by atoms with Gasteiger partial charge in [-0.1, -0.05) is 11.3 Å². The average molecular weight is 439 g/mol. The third kappa shape index (κ3) is 3.38. The van der Waals surface area contributed by atoms with Crippen LogP contribution < -0.4 is 5.32 Å². The minimum atomic E-state index is -2.49. The summed E-state index contributed by atoms with van der Waals surface area (Å²) >= 11 is 0. The normalized spacial score (nSPS) is 23.3. The Morgan fingerprint density at radius 3 is 2.84 bits per heavy atom. The van der Waals surface area contributed by atoms with Crippen LogP contribution in [-0.2, 0) is 11.3 Å². The standard InChI is InChI=1S/C22H23F2N7O/c23-19(24)12-31-18-9-13(1-2-17(18)29-30-31)15-10-25-20-16(15)11-26-21(28-20)27-14-3-5-22(6-4-14)7-8-32-22/h1-2,9-11,14,19H,3-8,12H2,(H2,25,26,27,28)/t14-,22+. The number of nitrogens with zero attached hydrogens (tertiary/aromatic N) is 5. The van der Waals surface area contributed by atoms with Crippen LogP contribution in [0.15, 0.2) is 30.6 Å². The summed E-state index contributed by atoms with van der Waals surface area (Å²) in [4.78, 5) is 12.4. The molecule has 1 aliphatic carbocycles. The number of nitrogens with one attached hydrogen (secondary N) is 2. The molecule has 1 aliphatic heterocycles. The fraction of sp³-hybridized carbons (Fsp3) is 0.455. The lowest BCUT2D eigenvalue weighted by atomic mass is 9.77. The highest BCUT2D eigenvalue weighted by molar-refractivity contribution is 5.95. The third-order valence-corrected chi connectivity index (χ3v) is 6.76. The zero-order chi connectivity index (χ0) is 21.7. The molecule has 166 valence electrons. The number of benzene rings is 1. The molecule has 6 rings (SSSR count). The SMILES string of the molecule is FC(F)Cn1nnc2ccc(-c3c[nH]c4nc(N[C@H]5CC[C@]6(CCO6)CC5)ncc34)cc21. The number of rotatable bonds is 5. The van der Waals surface area contributed by atoms with Crippen molar-refractivity contribution in [1.29, 1.82) is 0 Å². The number of halogens is 2. The van der Waals surface area contributed by atoms with Crippen molar-refractivity contribution in [3.63, 3.8) is 0 Å². The first-order valence-corrected chi connectivity index (χ1v) is 10.9. The van der Waals surface area contributed by atoms with E-state index in [1.54, 1.807) is 12.3 Å². The number of hydrogen-bond donors (Lipinski definition) is 2. The molecule has 2 fully saturated rings. The fourth-order valence-corrected chi connectivity index (χ4v) is 4.87. The molecule has 2 aliphatic rings. The van der Waals surface area contributed by atoms with Crippen LogP contribution in [0.4, 0.5) is 14.7 Å². The number of aromatic amines is 1. The monoisotopic (exact) mass is 439 g/mol. The molecule has 1 saturated carbocycles. The number of anilines is 1. The van der Waals surface area contributed by atoms with Crippen LogP contribution in [0.1, 0.15) is 32.1 Å². The Morgan fingerprint density at radius 1 is 1.25 bits per heavy atom. The molecule has 0 radical (unpaired) electrons. The molecule has 0 unspecified atom stereocenters. The van der Waals surface area contributed by atoms with Gasteiger partial charge in [-0.15, -0.1) is 5.10 Å². The number of aromatic nitrogens is 6. The number of H-pyrrole nitrogens is 1. The molecule has 0 amide bonds. The van der Waals surface area contributed by atoms with Gasteiger partial charge in [-0.25, -0.2) is 18.4 Å². The molecule has 4 aromatic rings. The lowest BCUT2D eigenvalue weighted by Gasteiger charge is -2.46. The van der Waals surface area contributed by atoms with Crippen molar-refractivity contribution >= 4 is 28.0 Å².